The molecule has 5 N–H and O–H groups in total. The molecule has 25 heavy (non-hydrogen) atoms. The Balaban J connectivity index is 1.86. The first-order valence-electron chi connectivity index (χ1n) is 7.55. The smallest absolute Gasteiger partial charge is 0.251 e. The van der Waals surface area contributed by atoms with Crippen molar-refractivity contribution in [3.63, 3.8) is 0 Å². The molecule has 1 unspecified atom stereocenters. The van der Waals surface area contributed by atoms with Gasteiger partial charge in [-0.25, -0.2) is 0 Å². The first kappa shape index (κ1) is 16.9. The van der Waals surface area contributed by atoms with Crippen LogP contribution in [0.1, 0.15) is 11.6 Å². The van der Waals surface area contributed by atoms with Crippen LogP contribution in [0.25, 0.3) is 10.9 Å². The molecule has 0 spiro atoms. The summed E-state index contributed by atoms with van der Waals surface area (Å²) in [6, 6.07) is 11.2. The van der Waals surface area contributed by atoms with Gasteiger partial charge >= 0.3 is 0 Å². The van der Waals surface area contributed by atoms with Gasteiger partial charge in [0.25, 0.3) is 5.91 Å². The standard InChI is InChI=1S/C17H16ClN5O2/c18-12-3-1-2-10(6-12)16(22-15(24)8-19)17(25)21-13-4-5-14-11(7-13)9-20-23-14/h1-7,9,16H,8,19H2,(H,20,23)(H,21,25)(H,22,24). The molecular weight excluding hydrogens is 342 g/mol. The molecule has 3 rings (SSSR count). The number of nitrogens with two attached hydrogens (primary N) is 1. The number of rotatable bonds is 5. The van der Waals surface area contributed by atoms with Crippen molar-refractivity contribution in [3.8, 4) is 0 Å². The average molecular weight is 358 g/mol. The van der Waals surface area contributed by atoms with E-state index in [1.54, 1.807) is 42.6 Å². The highest BCUT2D eigenvalue weighted by Gasteiger charge is 2.23. The monoisotopic (exact) mass is 357 g/mol. The molecule has 1 heterocycles. The van der Waals surface area contributed by atoms with Gasteiger partial charge in [-0.2, -0.15) is 5.10 Å². The zero-order valence-corrected chi connectivity index (χ0v) is 13.9. The van der Waals surface area contributed by atoms with Crippen LogP contribution >= 0.6 is 11.6 Å². The van der Waals surface area contributed by atoms with Crippen molar-refractivity contribution in [1.82, 2.24) is 15.5 Å². The molecule has 0 saturated heterocycles. The van der Waals surface area contributed by atoms with Gasteiger partial charge in [-0.1, -0.05) is 23.7 Å². The Bertz CT molecular complexity index is 924. The van der Waals surface area contributed by atoms with E-state index < -0.39 is 17.9 Å². The fraction of sp³-hybridized carbons (Fsp3) is 0.118. The van der Waals surface area contributed by atoms with E-state index in [1.165, 1.54) is 0 Å². The Morgan fingerprint density at radius 1 is 1.24 bits per heavy atom. The summed E-state index contributed by atoms with van der Waals surface area (Å²) in [5.74, 6) is -0.836. The summed E-state index contributed by atoms with van der Waals surface area (Å²) in [4.78, 5) is 24.4. The normalized spacial score (nSPS) is 11.9. The second kappa shape index (κ2) is 7.33. The number of H-pyrrole nitrogens is 1. The summed E-state index contributed by atoms with van der Waals surface area (Å²) in [7, 11) is 0. The van der Waals surface area contributed by atoms with Gasteiger partial charge in [0.05, 0.1) is 18.3 Å². The van der Waals surface area contributed by atoms with E-state index in [1.807, 2.05) is 6.07 Å². The molecule has 2 amide bonds. The summed E-state index contributed by atoms with van der Waals surface area (Å²) < 4.78 is 0. The van der Waals surface area contributed by atoms with Crippen molar-refractivity contribution in [2.75, 3.05) is 11.9 Å². The number of halogens is 1. The number of anilines is 1. The zero-order chi connectivity index (χ0) is 17.8. The maximum atomic E-state index is 12.7. The van der Waals surface area contributed by atoms with E-state index in [4.69, 9.17) is 17.3 Å². The van der Waals surface area contributed by atoms with E-state index in [2.05, 4.69) is 20.8 Å². The molecule has 0 radical (unpaired) electrons. The predicted octanol–water partition coefficient (Wildman–Crippen LogP) is 1.97. The number of benzene rings is 2. The third-order valence-corrected chi connectivity index (χ3v) is 3.88. The lowest BCUT2D eigenvalue weighted by Crippen LogP contribution is -2.39. The number of nitrogens with one attached hydrogen (secondary N) is 3. The molecule has 1 aromatic heterocycles. The SMILES string of the molecule is NCC(=O)NC(C(=O)Nc1ccc2[nH]ncc2c1)c1cccc(Cl)c1. The number of carbonyl (C=O) groups is 2. The first-order valence-corrected chi connectivity index (χ1v) is 7.93. The minimum atomic E-state index is -0.908. The van der Waals surface area contributed by atoms with Crippen LogP contribution in [0.4, 0.5) is 5.69 Å². The number of aromatic nitrogens is 2. The Morgan fingerprint density at radius 2 is 2.08 bits per heavy atom. The summed E-state index contributed by atoms with van der Waals surface area (Å²) in [6.07, 6.45) is 1.66. The zero-order valence-electron chi connectivity index (χ0n) is 13.1. The molecule has 2 aromatic carbocycles. The molecule has 0 fully saturated rings. The van der Waals surface area contributed by atoms with Gasteiger partial charge in [0, 0.05) is 16.1 Å². The lowest BCUT2D eigenvalue weighted by atomic mass is 10.1. The first-order chi connectivity index (χ1) is 12.1. The number of fused-ring (bicyclic) bond motifs is 1. The van der Waals surface area contributed by atoms with Crippen LogP contribution in [0.2, 0.25) is 5.02 Å². The van der Waals surface area contributed by atoms with Crippen LogP contribution in [-0.2, 0) is 9.59 Å². The molecule has 7 nitrogen and oxygen atoms in total. The lowest BCUT2D eigenvalue weighted by Gasteiger charge is -2.19. The second-order valence-electron chi connectivity index (χ2n) is 5.42. The molecule has 0 aliphatic heterocycles. The predicted molar refractivity (Wildman–Crippen MR) is 96.1 cm³/mol. The van der Waals surface area contributed by atoms with Crippen molar-refractivity contribution >= 4 is 40.0 Å². The molecule has 3 aromatic rings. The van der Waals surface area contributed by atoms with Crippen LogP contribution in [0, 0.1) is 0 Å². The maximum Gasteiger partial charge on any atom is 0.251 e. The largest absolute Gasteiger partial charge is 0.339 e. The number of nitrogens with zero attached hydrogens (tertiary/aromatic N) is 1. The number of amides is 2. The highest BCUT2D eigenvalue weighted by molar-refractivity contribution is 6.30. The van der Waals surface area contributed by atoms with E-state index in [0.717, 1.165) is 10.9 Å². The van der Waals surface area contributed by atoms with Crippen molar-refractivity contribution in [3.05, 3.63) is 59.2 Å². The summed E-state index contributed by atoms with van der Waals surface area (Å²) in [6.45, 7) is -0.217. The molecule has 128 valence electrons. The number of carbonyl (C=O) groups excluding carboxylic acids is 2. The fourth-order valence-electron chi connectivity index (χ4n) is 2.44. The van der Waals surface area contributed by atoms with Gasteiger partial charge in [-0.15, -0.1) is 0 Å². The van der Waals surface area contributed by atoms with Crippen molar-refractivity contribution in [2.45, 2.75) is 6.04 Å². The van der Waals surface area contributed by atoms with E-state index in [-0.39, 0.29) is 6.54 Å². The van der Waals surface area contributed by atoms with Crippen molar-refractivity contribution < 1.29 is 9.59 Å². The van der Waals surface area contributed by atoms with Gasteiger partial charge < -0.3 is 16.4 Å². The van der Waals surface area contributed by atoms with Gasteiger partial charge in [0.2, 0.25) is 5.91 Å². The van der Waals surface area contributed by atoms with Crippen molar-refractivity contribution in [2.24, 2.45) is 5.73 Å². The number of aromatic amines is 1. The summed E-state index contributed by atoms with van der Waals surface area (Å²) >= 11 is 6.00. The highest BCUT2D eigenvalue weighted by atomic mass is 35.5. The second-order valence-corrected chi connectivity index (χ2v) is 5.86. The molecular formula is C17H16ClN5O2. The van der Waals surface area contributed by atoms with Gasteiger partial charge in [0.15, 0.2) is 0 Å². The quantitative estimate of drug-likeness (QED) is 0.559. The van der Waals surface area contributed by atoms with Crippen LogP contribution in [-0.4, -0.2) is 28.6 Å². The Morgan fingerprint density at radius 3 is 2.84 bits per heavy atom. The molecule has 8 heteroatoms. The van der Waals surface area contributed by atoms with Gasteiger partial charge in [-0.05, 0) is 35.9 Å². The molecule has 0 aliphatic rings. The number of hydrogen-bond donors (Lipinski definition) is 4. The van der Waals surface area contributed by atoms with Crippen LogP contribution in [0.15, 0.2) is 48.7 Å². The van der Waals surface area contributed by atoms with Crippen LogP contribution in [0.5, 0.6) is 0 Å². The average Bonchev–Trinajstić information content (AvgIpc) is 3.07. The summed E-state index contributed by atoms with van der Waals surface area (Å²) in [5.41, 5.74) is 7.37. The Kier molecular flexibility index (Phi) is 4.97. The van der Waals surface area contributed by atoms with Crippen LogP contribution in [0.3, 0.4) is 0 Å². The van der Waals surface area contributed by atoms with Gasteiger partial charge in [-0.3, -0.25) is 14.7 Å². The minimum absolute atomic E-state index is 0.217. The molecule has 0 bridgehead atoms. The number of hydrogen-bond acceptors (Lipinski definition) is 4. The van der Waals surface area contributed by atoms with E-state index in [9.17, 15) is 9.59 Å². The molecule has 0 aliphatic carbocycles. The Labute approximate surface area is 148 Å². The minimum Gasteiger partial charge on any atom is -0.339 e. The highest BCUT2D eigenvalue weighted by Crippen LogP contribution is 2.21. The third-order valence-electron chi connectivity index (χ3n) is 3.64. The van der Waals surface area contributed by atoms with Crippen LogP contribution < -0.4 is 16.4 Å². The van der Waals surface area contributed by atoms with E-state index in [0.29, 0.717) is 16.3 Å². The Hall–Kier alpha value is -2.90. The summed E-state index contributed by atoms with van der Waals surface area (Å²) in [5, 5.41) is 13.5. The lowest BCUT2D eigenvalue weighted by molar-refractivity contribution is -0.125. The van der Waals surface area contributed by atoms with Crippen molar-refractivity contribution in [1.29, 1.82) is 0 Å². The fourth-order valence-corrected chi connectivity index (χ4v) is 2.64. The molecule has 1 atom stereocenters. The maximum absolute atomic E-state index is 12.7. The van der Waals surface area contributed by atoms with E-state index >= 15 is 0 Å². The molecule has 0 saturated carbocycles. The topological polar surface area (TPSA) is 113 Å². The third kappa shape index (κ3) is 3.96. The van der Waals surface area contributed by atoms with Gasteiger partial charge in [0.1, 0.15) is 6.04 Å².